The van der Waals surface area contributed by atoms with Crippen LogP contribution >= 0.6 is 0 Å². The predicted octanol–water partition coefficient (Wildman–Crippen LogP) is 2.12. The van der Waals surface area contributed by atoms with Crippen LogP contribution < -0.4 is 10.5 Å². The Kier molecular flexibility index (Phi) is 4.16. The van der Waals surface area contributed by atoms with Crippen molar-refractivity contribution in [3.8, 4) is 0 Å². The van der Waals surface area contributed by atoms with Crippen molar-refractivity contribution in [3.63, 3.8) is 0 Å². The number of benzene rings is 1. The lowest BCUT2D eigenvalue weighted by atomic mass is 10.2. The zero-order chi connectivity index (χ0) is 18.2. The minimum Gasteiger partial charge on any atom is -0.369 e. The van der Waals surface area contributed by atoms with Crippen LogP contribution in [0.3, 0.4) is 0 Å². The molecule has 2 aromatic heterocycles. The Morgan fingerprint density at radius 3 is 2.70 bits per heavy atom. The highest BCUT2D eigenvalue weighted by Gasteiger charge is 2.23. The molecule has 3 aromatic rings. The standard InChI is InChI=1S/C20H23N5O2/c26-20-18-4-3-17(11-19(18)21-14-25(20)12-15-1-2-15)24-8-6-23(7-9-24)13-16-5-10-27-22-16/h3-5,10-11,14-15H,1-2,6-9,12-13H2. The highest BCUT2D eigenvalue weighted by Crippen LogP contribution is 2.30. The molecule has 0 atom stereocenters. The molecule has 0 amide bonds. The van der Waals surface area contributed by atoms with Crippen LogP contribution in [-0.2, 0) is 13.1 Å². The van der Waals surface area contributed by atoms with Crippen LogP contribution in [0.1, 0.15) is 18.5 Å². The molecule has 0 bridgehead atoms. The van der Waals surface area contributed by atoms with Crippen LogP contribution in [0, 0.1) is 5.92 Å². The molecule has 5 rings (SSSR count). The highest BCUT2D eigenvalue weighted by molar-refractivity contribution is 5.81. The first-order chi connectivity index (χ1) is 13.3. The lowest BCUT2D eigenvalue weighted by molar-refractivity contribution is 0.242. The Hall–Kier alpha value is -2.67. The molecule has 0 N–H and O–H groups in total. The van der Waals surface area contributed by atoms with Crippen molar-refractivity contribution in [1.29, 1.82) is 0 Å². The SMILES string of the molecule is O=c1c2ccc(N3CCN(Cc4ccon4)CC3)cc2ncn1CC1CC1. The molecule has 3 heterocycles. The zero-order valence-corrected chi connectivity index (χ0v) is 15.3. The van der Waals surface area contributed by atoms with Crippen molar-refractivity contribution in [2.24, 2.45) is 5.92 Å². The molecule has 7 heteroatoms. The van der Waals surface area contributed by atoms with E-state index in [1.165, 1.54) is 12.8 Å². The summed E-state index contributed by atoms with van der Waals surface area (Å²) in [7, 11) is 0. The molecule has 27 heavy (non-hydrogen) atoms. The number of hydrogen-bond donors (Lipinski definition) is 0. The average molecular weight is 365 g/mol. The van der Waals surface area contributed by atoms with E-state index < -0.39 is 0 Å². The maximum atomic E-state index is 12.7. The van der Waals surface area contributed by atoms with Gasteiger partial charge in [-0.25, -0.2) is 4.98 Å². The van der Waals surface area contributed by atoms with Gasteiger partial charge in [-0.2, -0.15) is 0 Å². The van der Waals surface area contributed by atoms with Gasteiger partial charge in [0.2, 0.25) is 0 Å². The second kappa shape index (κ2) is 6.81. The van der Waals surface area contributed by atoms with Crippen LogP contribution in [0.2, 0.25) is 0 Å². The van der Waals surface area contributed by atoms with Crippen molar-refractivity contribution in [3.05, 3.63) is 52.9 Å². The molecule has 7 nitrogen and oxygen atoms in total. The Balaban J connectivity index is 1.30. The fraction of sp³-hybridized carbons (Fsp3) is 0.450. The quantitative estimate of drug-likeness (QED) is 0.690. The van der Waals surface area contributed by atoms with Gasteiger partial charge in [0.05, 0.1) is 22.9 Å². The summed E-state index contributed by atoms with van der Waals surface area (Å²) < 4.78 is 6.67. The van der Waals surface area contributed by atoms with Gasteiger partial charge in [-0.1, -0.05) is 5.16 Å². The minimum atomic E-state index is 0.0795. The first kappa shape index (κ1) is 16.5. The number of nitrogens with zero attached hydrogens (tertiary/aromatic N) is 5. The molecule has 0 spiro atoms. The van der Waals surface area contributed by atoms with Crippen molar-refractivity contribution in [1.82, 2.24) is 19.6 Å². The Labute approximate surface area is 157 Å². The van der Waals surface area contributed by atoms with Gasteiger partial charge in [0.1, 0.15) is 6.26 Å². The Bertz CT molecular complexity index is 985. The second-order valence-corrected chi connectivity index (χ2v) is 7.60. The van der Waals surface area contributed by atoms with Gasteiger partial charge in [-0.15, -0.1) is 0 Å². The fourth-order valence-electron chi connectivity index (χ4n) is 3.76. The van der Waals surface area contributed by atoms with Gasteiger partial charge in [0.25, 0.3) is 5.56 Å². The number of fused-ring (bicyclic) bond motifs is 1. The Morgan fingerprint density at radius 1 is 1.11 bits per heavy atom. The second-order valence-electron chi connectivity index (χ2n) is 7.60. The number of rotatable bonds is 5. The van der Waals surface area contributed by atoms with Crippen LogP contribution in [0.5, 0.6) is 0 Å². The normalized spacial score (nSPS) is 18.3. The molecular formula is C20H23N5O2. The van der Waals surface area contributed by atoms with Crippen LogP contribution in [-0.4, -0.2) is 45.8 Å². The van der Waals surface area contributed by atoms with E-state index in [1.54, 1.807) is 17.2 Å². The van der Waals surface area contributed by atoms with Gasteiger partial charge < -0.3 is 9.42 Å². The van der Waals surface area contributed by atoms with Crippen LogP contribution in [0.25, 0.3) is 10.9 Å². The summed E-state index contributed by atoms with van der Waals surface area (Å²) in [4.78, 5) is 21.9. The number of aromatic nitrogens is 3. The van der Waals surface area contributed by atoms with Crippen molar-refractivity contribution < 1.29 is 4.52 Å². The number of piperazine rings is 1. The van der Waals surface area contributed by atoms with E-state index in [9.17, 15) is 4.79 Å². The van der Waals surface area contributed by atoms with E-state index in [1.807, 2.05) is 18.2 Å². The average Bonchev–Trinajstić information content (AvgIpc) is 3.37. The molecule has 1 aliphatic heterocycles. The largest absolute Gasteiger partial charge is 0.369 e. The first-order valence-electron chi connectivity index (χ1n) is 9.62. The minimum absolute atomic E-state index is 0.0795. The summed E-state index contributed by atoms with van der Waals surface area (Å²) >= 11 is 0. The highest BCUT2D eigenvalue weighted by atomic mass is 16.5. The third-order valence-corrected chi connectivity index (χ3v) is 5.57. The number of hydrogen-bond acceptors (Lipinski definition) is 6. The molecule has 1 saturated heterocycles. The lowest BCUT2D eigenvalue weighted by Crippen LogP contribution is -2.46. The molecule has 0 unspecified atom stereocenters. The van der Waals surface area contributed by atoms with Crippen LogP contribution in [0.4, 0.5) is 5.69 Å². The van der Waals surface area contributed by atoms with E-state index >= 15 is 0 Å². The zero-order valence-electron chi connectivity index (χ0n) is 15.3. The third kappa shape index (κ3) is 3.47. The molecular weight excluding hydrogens is 342 g/mol. The Morgan fingerprint density at radius 2 is 1.96 bits per heavy atom. The molecule has 2 fully saturated rings. The summed E-state index contributed by atoms with van der Waals surface area (Å²) in [5.74, 6) is 0.662. The third-order valence-electron chi connectivity index (χ3n) is 5.57. The smallest absolute Gasteiger partial charge is 0.261 e. The summed E-state index contributed by atoms with van der Waals surface area (Å²) in [5, 5.41) is 4.70. The predicted molar refractivity (Wildman–Crippen MR) is 103 cm³/mol. The van der Waals surface area contributed by atoms with E-state index in [2.05, 4.69) is 26.0 Å². The van der Waals surface area contributed by atoms with Crippen molar-refractivity contribution in [2.75, 3.05) is 31.1 Å². The topological polar surface area (TPSA) is 67.4 Å². The number of anilines is 1. The van der Waals surface area contributed by atoms with E-state index in [-0.39, 0.29) is 5.56 Å². The maximum Gasteiger partial charge on any atom is 0.261 e. The molecule has 1 aromatic carbocycles. The van der Waals surface area contributed by atoms with Crippen molar-refractivity contribution in [2.45, 2.75) is 25.9 Å². The molecule has 2 aliphatic rings. The van der Waals surface area contributed by atoms with Crippen LogP contribution in [0.15, 0.2) is 46.2 Å². The molecule has 140 valence electrons. The van der Waals surface area contributed by atoms with Gasteiger partial charge in [0.15, 0.2) is 0 Å². The van der Waals surface area contributed by atoms with E-state index in [0.29, 0.717) is 11.3 Å². The lowest BCUT2D eigenvalue weighted by Gasteiger charge is -2.35. The monoisotopic (exact) mass is 365 g/mol. The van der Waals surface area contributed by atoms with Gasteiger partial charge in [-0.05, 0) is 37.0 Å². The van der Waals surface area contributed by atoms with Crippen molar-refractivity contribution >= 4 is 16.6 Å². The van der Waals surface area contributed by atoms with E-state index in [0.717, 1.165) is 56.2 Å². The fourth-order valence-corrected chi connectivity index (χ4v) is 3.76. The molecule has 0 radical (unpaired) electrons. The molecule has 1 aliphatic carbocycles. The van der Waals surface area contributed by atoms with E-state index in [4.69, 9.17) is 4.52 Å². The summed E-state index contributed by atoms with van der Waals surface area (Å²) in [6.45, 7) is 5.47. The first-order valence-corrected chi connectivity index (χ1v) is 9.62. The summed E-state index contributed by atoms with van der Waals surface area (Å²) in [5.41, 5.74) is 2.97. The maximum absolute atomic E-state index is 12.7. The van der Waals surface area contributed by atoms with Gasteiger partial charge in [-0.3, -0.25) is 14.3 Å². The van der Waals surface area contributed by atoms with Gasteiger partial charge in [0, 0.05) is 51.0 Å². The molecule has 1 saturated carbocycles. The van der Waals surface area contributed by atoms with Gasteiger partial charge >= 0.3 is 0 Å². The summed E-state index contributed by atoms with van der Waals surface area (Å²) in [6, 6.07) is 7.95. The summed E-state index contributed by atoms with van der Waals surface area (Å²) in [6.07, 6.45) is 5.78.